The van der Waals surface area contributed by atoms with Gasteiger partial charge in [0.2, 0.25) is 0 Å². The van der Waals surface area contributed by atoms with Crippen LogP contribution in [-0.4, -0.2) is 48.0 Å². The van der Waals surface area contributed by atoms with Gasteiger partial charge in [-0.15, -0.1) is 0 Å². The zero-order valence-electron chi connectivity index (χ0n) is 9.42. The van der Waals surface area contributed by atoms with E-state index in [0.29, 0.717) is 11.8 Å². The second kappa shape index (κ2) is 7.51. The highest BCUT2D eigenvalue weighted by Crippen LogP contribution is 2.12. The highest BCUT2D eigenvalue weighted by Gasteiger charge is 2.21. The highest BCUT2D eigenvalue weighted by atomic mass is 32.2. The first kappa shape index (κ1) is 14.2. The summed E-state index contributed by atoms with van der Waals surface area (Å²) in [6.45, 7) is 5.73. The lowest BCUT2D eigenvalue weighted by atomic mass is 9.93. The van der Waals surface area contributed by atoms with Gasteiger partial charge in [-0.25, -0.2) is 0 Å². The molecule has 0 aliphatic carbocycles. The molecule has 0 heterocycles. The third-order valence-electron chi connectivity index (χ3n) is 2.45. The number of rotatable bonds is 8. The van der Waals surface area contributed by atoms with Gasteiger partial charge in [0.15, 0.2) is 0 Å². The Morgan fingerprint density at radius 2 is 1.93 bits per heavy atom. The lowest BCUT2D eigenvalue weighted by molar-refractivity contribution is 0.0699. The van der Waals surface area contributed by atoms with E-state index < -0.39 is 0 Å². The molecule has 1 unspecified atom stereocenters. The summed E-state index contributed by atoms with van der Waals surface area (Å²) in [6.07, 6.45) is 3.23. The molecule has 0 bridgehead atoms. The summed E-state index contributed by atoms with van der Waals surface area (Å²) < 4.78 is 0. The Morgan fingerprint density at radius 3 is 2.36 bits per heavy atom. The average molecular weight is 221 g/mol. The minimum absolute atomic E-state index is 0.0224. The minimum atomic E-state index is -0.386. The van der Waals surface area contributed by atoms with Crippen LogP contribution < -0.4 is 5.32 Å². The number of hydrogen-bond donors (Lipinski definition) is 3. The van der Waals surface area contributed by atoms with Gasteiger partial charge in [0, 0.05) is 17.2 Å². The van der Waals surface area contributed by atoms with Gasteiger partial charge in [-0.3, -0.25) is 0 Å². The molecule has 0 radical (unpaired) electrons. The van der Waals surface area contributed by atoms with Gasteiger partial charge in [0.1, 0.15) is 0 Å². The average Bonchev–Trinajstić information content (AvgIpc) is 2.23. The molecular formula is C10H23NO2S. The second-order valence-electron chi connectivity index (χ2n) is 4.14. The Hall–Kier alpha value is 0.230. The van der Waals surface area contributed by atoms with E-state index in [2.05, 4.69) is 18.5 Å². The Labute approximate surface area is 91.3 Å². The van der Waals surface area contributed by atoms with Crippen molar-refractivity contribution in [2.75, 3.05) is 32.6 Å². The Bertz CT molecular complexity index is 140. The van der Waals surface area contributed by atoms with Crippen LogP contribution >= 0.6 is 11.8 Å². The molecule has 0 fully saturated rings. The van der Waals surface area contributed by atoms with Gasteiger partial charge < -0.3 is 15.5 Å². The Kier molecular flexibility index (Phi) is 7.64. The number of thioether (sulfide) groups is 1. The fraction of sp³-hybridized carbons (Fsp3) is 1.00. The molecule has 0 aromatic rings. The first-order chi connectivity index (χ1) is 6.58. The monoisotopic (exact) mass is 221 g/mol. The Balaban J connectivity index is 3.52. The zero-order valence-corrected chi connectivity index (χ0v) is 10.2. The predicted octanol–water partition coefficient (Wildman–Crippen LogP) is 0.708. The van der Waals surface area contributed by atoms with Crippen molar-refractivity contribution in [2.24, 2.45) is 5.41 Å². The van der Waals surface area contributed by atoms with Crippen LogP contribution in [0.1, 0.15) is 20.3 Å². The van der Waals surface area contributed by atoms with Crippen LogP contribution in [0.25, 0.3) is 0 Å². The number of aliphatic hydroxyl groups excluding tert-OH is 2. The van der Waals surface area contributed by atoms with Crippen LogP contribution in [0.5, 0.6) is 0 Å². The van der Waals surface area contributed by atoms with Crippen LogP contribution in [0.2, 0.25) is 0 Å². The molecule has 0 saturated heterocycles. The third-order valence-corrected chi connectivity index (χ3v) is 3.49. The normalized spacial score (nSPS) is 14.4. The van der Waals surface area contributed by atoms with Gasteiger partial charge in [0.05, 0.1) is 13.2 Å². The first-order valence-corrected chi connectivity index (χ1v) is 6.32. The zero-order chi connectivity index (χ0) is 11.0. The first-order valence-electron chi connectivity index (χ1n) is 5.03. The highest BCUT2D eigenvalue weighted by molar-refractivity contribution is 7.99. The largest absolute Gasteiger partial charge is 0.396 e. The van der Waals surface area contributed by atoms with E-state index in [9.17, 15) is 0 Å². The summed E-state index contributed by atoms with van der Waals surface area (Å²) in [5.41, 5.74) is -0.386. The molecule has 1 atom stereocenters. The minimum Gasteiger partial charge on any atom is -0.396 e. The standard InChI is InChI=1S/C10H23NO2S/c1-9(14-3)4-5-11-6-10(2,7-12)8-13/h9,11-13H,4-8H2,1-3H3. The van der Waals surface area contributed by atoms with Crippen molar-refractivity contribution < 1.29 is 10.2 Å². The molecule has 0 saturated carbocycles. The van der Waals surface area contributed by atoms with E-state index >= 15 is 0 Å². The fourth-order valence-electron chi connectivity index (χ4n) is 0.975. The number of aliphatic hydroxyl groups is 2. The van der Waals surface area contributed by atoms with Crippen molar-refractivity contribution in [3.8, 4) is 0 Å². The summed E-state index contributed by atoms with van der Waals surface area (Å²) in [4.78, 5) is 0. The molecule has 0 aromatic carbocycles. The van der Waals surface area contributed by atoms with E-state index in [1.165, 1.54) is 0 Å². The molecular weight excluding hydrogens is 198 g/mol. The molecule has 0 amide bonds. The van der Waals surface area contributed by atoms with Crippen LogP contribution in [0, 0.1) is 5.41 Å². The summed E-state index contributed by atoms with van der Waals surface area (Å²) in [6, 6.07) is 0. The van der Waals surface area contributed by atoms with Crippen molar-refractivity contribution in [3.63, 3.8) is 0 Å². The van der Waals surface area contributed by atoms with Crippen molar-refractivity contribution >= 4 is 11.8 Å². The van der Waals surface area contributed by atoms with Gasteiger partial charge in [-0.1, -0.05) is 13.8 Å². The van der Waals surface area contributed by atoms with Gasteiger partial charge >= 0.3 is 0 Å². The second-order valence-corrected chi connectivity index (χ2v) is 5.41. The molecule has 0 spiro atoms. The molecule has 0 aliphatic heterocycles. The van der Waals surface area contributed by atoms with Crippen LogP contribution in [0.4, 0.5) is 0 Å². The maximum Gasteiger partial charge on any atom is 0.0518 e. The van der Waals surface area contributed by atoms with Crippen molar-refractivity contribution in [1.82, 2.24) is 5.32 Å². The molecule has 14 heavy (non-hydrogen) atoms. The summed E-state index contributed by atoms with van der Waals surface area (Å²) in [7, 11) is 0. The van der Waals surface area contributed by atoms with Crippen molar-refractivity contribution in [1.29, 1.82) is 0 Å². The molecule has 3 N–H and O–H groups in total. The van der Waals surface area contributed by atoms with Crippen LogP contribution in [-0.2, 0) is 0 Å². The molecule has 0 aromatic heterocycles. The van der Waals surface area contributed by atoms with E-state index in [-0.39, 0.29) is 18.6 Å². The smallest absolute Gasteiger partial charge is 0.0518 e. The number of hydrogen-bond acceptors (Lipinski definition) is 4. The maximum absolute atomic E-state index is 9.04. The van der Waals surface area contributed by atoms with E-state index in [4.69, 9.17) is 10.2 Å². The van der Waals surface area contributed by atoms with Gasteiger partial charge in [0.25, 0.3) is 0 Å². The summed E-state index contributed by atoms with van der Waals surface area (Å²) in [5.74, 6) is 0. The molecule has 0 rings (SSSR count). The van der Waals surface area contributed by atoms with E-state index in [1.54, 1.807) is 0 Å². The fourth-order valence-corrected chi connectivity index (χ4v) is 1.33. The van der Waals surface area contributed by atoms with Gasteiger partial charge in [-0.05, 0) is 19.2 Å². The van der Waals surface area contributed by atoms with Crippen LogP contribution in [0.3, 0.4) is 0 Å². The predicted molar refractivity (Wildman–Crippen MR) is 62.7 cm³/mol. The molecule has 0 aliphatic rings. The van der Waals surface area contributed by atoms with E-state index in [0.717, 1.165) is 13.0 Å². The maximum atomic E-state index is 9.04. The quantitative estimate of drug-likeness (QED) is 0.528. The SMILES string of the molecule is CSC(C)CCNCC(C)(CO)CO. The van der Waals surface area contributed by atoms with Gasteiger partial charge in [-0.2, -0.15) is 11.8 Å². The molecule has 4 heteroatoms. The lowest BCUT2D eigenvalue weighted by Crippen LogP contribution is -2.38. The van der Waals surface area contributed by atoms with Crippen molar-refractivity contribution in [2.45, 2.75) is 25.5 Å². The lowest BCUT2D eigenvalue weighted by Gasteiger charge is -2.25. The van der Waals surface area contributed by atoms with Crippen LogP contribution in [0.15, 0.2) is 0 Å². The molecule has 86 valence electrons. The molecule has 3 nitrogen and oxygen atoms in total. The summed E-state index contributed by atoms with van der Waals surface area (Å²) >= 11 is 1.86. The summed E-state index contributed by atoms with van der Waals surface area (Å²) in [5, 5.41) is 22.0. The van der Waals surface area contributed by atoms with E-state index in [1.807, 2.05) is 18.7 Å². The number of nitrogens with one attached hydrogen (secondary N) is 1. The Morgan fingerprint density at radius 1 is 1.36 bits per heavy atom. The van der Waals surface area contributed by atoms with Crippen molar-refractivity contribution in [3.05, 3.63) is 0 Å². The topological polar surface area (TPSA) is 52.5 Å². The third kappa shape index (κ3) is 5.86.